The first kappa shape index (κ1) is 12.0. The summed E-state index contributed by atoms with van der Waals surface area (Å²) < 4.78 is 0. The Bertz CT molecular complexity index is 487. The molecule has 0 aliphatic heterocycles. The van der Waals surface area contributed by atoms with E-state index in [1.54, 1.807) is 6.20 Å². The largest absolute Gasteiger partial charge is 0.392 e. The molecule has 1 aromatic heterocycles. The molecule has 90 valence electrons. The number of fused-ring (bicyclic) bond motifs is 1. The minimum Gasteiger partial charge on any atom is -0.392 e. The fraction of sp³-hybridized carbons (Fsp3) is 0.385. The van der Waals surface area contributed by atoms with Crippen molar-refractivity contribution in [1.29, 1.82) is 0 Å². The zero-order chi connectivity index (χ0) is 12.1. The number of rotatable bonds is 5. The average molecular weight is 231 g/mol. The normalized spacial score (nSPS) is 12.8. The van der Waals surface area contributed by atoms with E-state index < -0.39 is 0 Å². The van der Waals surface area contributed by atoms with Crippen LogP contribution in [-0.2, 0) is 6.54 Å². The predicted molar refractivity (Wildman–Crippen MR) is 67.5 cm³/mol. The van der Waals surface area contributed by atoms with Gasteiger partial charge in [0.1, 0.15) is 0 Å². The second-order valence-electron chi connectivity index (χ2n) is 4.04. The second-order valence-corrected chi connectivity index (χ2v) is 4.04. The van der Waals surface area contributed by atoms with Gasteiger partial charge in [0.15, 0.2) is 0 Å². The highest BCUT2D eigenvalue weighted by molar-refractivity contribution is 5.73. The summed E-state index contributed by atoms with van der Waals surface area (Å²) in [6.07, 6.45) is 2.24. The predicted octanol–water partition coefficient (Wildman–Crippen LogP) is 1.49. The van der Waals surface area contributed by atoms with Crippen LogP contribution < -0.4 is 5.32 Å². The molecule has 17 heavy (non-hydrogen) atoms. The molecule has 2 rings (SSSR count). The molecule has 0 aliphatic carbocycles. The molecule has 4 nitrogen and oxygen atoms in total. The van der Waals surface area contributed by atoms with Crippen LogP contribution in [0.2, 0.25) is 0 Å². The Morgan fingerprint density at radius 1 is 1.29 bits per heavy atom. The molecule has 1 aromatic carbocycles. The fourth-order valence-electron chi connectivity index (χ4n) is 1.59. The topological polar surface area (TPSA) is 58.0 Å². The SMILES string of the molecule is CCC(O)CNCc1cnc2ccccc2n1. The van der Waals surface area contributed by atoms with Gasteiger partial charge in [-0.25, -0.2) is 4.98 Å². The maximum Gasteiger partial charge on any atom is 0.0890 e. The Labute approximate surface area is 101 Å². The lowest BCUT2D eigenvalue weighted by Crippen LogP contribution is -2.26. The lowest BCUT2D eigenvalue weighted by atomic mass is 10.2. The number of nitrogens with zero attached hydrogens (tertiary/aromatic N) is 2. The molecule has 0 amide bonds. The van der Waals surface area contributed by atoms with Crippen molar-refractivity contribution in [3.8, 4) is 0 Å². The van der Waals surface area contributed by atoms with Crippen molar-refractivity contribution >= 4 is 11.0 Å². The van der Waals surface area contributed by atoms with Crippen LogP contribution in [0.15, 0.2) is 30.5 Å². The van der Waals surface area contributed by atoms with Gasteiger partial charge in [-0.2, -0.15) is 0 Å². The fourth-order valence-corrected chi connectivity index (χ4v) is 1.59. The number of benzene rings is 1. The summed E-state index contributed by atoms with van der Waals surface area (Å²) >= 11 is 0. The molecule has 2 aromatic rings. The highest BCUT2D eigenvalue weighted by atomic mass is 16.3. The Morgan fingerprint density at radius 2 is 2.06 bits per heavy atom. The molecule has 0 fully saturated rings. The van der Waals surface area contributed by atoms with Gasteiger partial charge in [0, 0.05) is 13.1 Å². The lowest BCUT2D eigenvalue weighted by molar-refractivity contribution is 0.167. The molecule has 0 saturated carbocycles. The lowest BCUT2D eigenvalue weighted by Gasteiger charge is -2.08. The van der Waals surface area contributed by atoms with Gasteiger partial charge in [-0.15, -0.1) is 0 Å². The van der Waals surface area contributed by atoms with Gasteiger partial charge >= 0.3 is 0 Å². The second kappa shape index (κ2) is 5.70. The Hall–Kier alpha value is -1.52. The van der Waals surface area contributed by atoms with Gasteiger partial charge in [-0.3, -0.25) is 4.98 Å². The monoisotopic (exact) mass is 231 g/mol. The van der Waals surface area contributed by atoms with Gasteiger partial charge in [-0.05, 0) is 18.6 Å². The van der Waals surface area contributed by atoms with Gasteiger partial charge in [0.25, 0.3) is 0 Å². The molecule has 0 aliphatic rings. The van der Waals surface area contributed by atoms with Crippen LogP contribution in [0.3, 0.4) is 0 Å². The number of aromatic nitrogens is 2. The minimum atomic E-state index is -0.289. The van der Waals surface area contributed by atoms with Crippen molar-refractivity contribution in [2.75, 3.05) is 6.54 Å². The van der Waals surface area contributed by atoms with Crippen LogP contribution in [0.1, 0.15) is 19.0 Å². The molecule has 0 bridgehead atoms. The van der Waals surface area contributed by atoms with Crippen molar-refractivity contribution in [3.63, 3.8) is 0 Å². The first-order valence-electron chi connectivity index (χ1n) is 5.89. The molecule has 2 N–H and O–H groups in total. The van der Waals surface area contributed by atoms with Gasteiger partial charge in [0.05, 0.1) is 29.0 Å². The summed E-state index contributed by atoms with van der Waals surface area (Å²) in [4.78, 5) is 8.83. The third-order valence-corrected chi connectivity index (χ3v) is 2.66. The number of aliphatic hydroxyl groups is 1. The van der Waals surface area contributed by atoms with E-state index in [1.165, 1.54) is 0 Å². The van der Waals surface area contributed by atoms with E-state index in [0.29, 0.717) is 13.1 Å². The van der Waals surface area contributed by atoms with Crippen molar-refractivity contribution in [2.24, 2.45) is 0 Å². The van der Waals surface area contributed by atoms with Crippen LogP contribution >= 0.6 is 0 Å². The molecular formula is C13H17N3O. The quantitative estimate of drug-likeness (QED) is 0.818. The summed E-state index contributed by atoms with van der Waals surface area (Å²) in [5.74, 6) is 0. The van der Waals surface area contributed by atoms with Crippen molar-refractivity contribution in [2.45, 2.75) is 26.0 Å². The smallest absolute Gasteiger partial charge is 0.0890 e. The summed E-state index contributed by atoms with van der Waals surface area (Å²) in [6, 6.07) is 7.80. The Morgan fingerprint density at radius 3 is 2.82 bits per heavy atom. The molecular weight excluding hydrogens is 214 g/mol. The van der Waals surface area contributed by atoms with E-state index in [1.807, 2.05) is 31.2 Å². The van der Waals surface area contributed by atoms with Crippen LogP contribution in [0.25, 0.3) is 11.0 Å². The maximum atomic E-state index is 9.41. The number of hydrogen-bond acceptors (Lipinski definition) is 4. The zero-order valence-electron chi connectivity index (χ0n) is 9.93. The van der Waals surface area contributed by atoms with E-state index in [-0.39, 0.29) is 6.10 Å². The van der Waals surface area contributed by atoms with Crippen LogP contribution in [0.5, 0.6) is 0 Å². The summed E-state index contributed by atoms with van der Waals surface area (Å²) in [5.41, 5.74) is 2.71. The van der Waals surface area contributed by atoms with E-state index in [0.717, 1.165) is 23.1 Å². The van der Waals surface area contributed by atoms with E-state index in [2.05, 4.69) is 15.3 Å². The van der Waals surface area contributed by atoms with Crippen molar-refractivity contribution in [3.05, 3.63) is 36.2 Å². The first-order chi connectivity index (χ1) is 8.29. The summed E-state index contributed by atoms with van der Waals surface area (Å²) in [5, 5.41) is 12.6. The van der Waals surface area contributed by atoms with Crippen LogP contribution in [0.4, 0.5) is 0 Å². The zero-order valence-corrected chi connectivity index (χ0v) is 9.93. The highest BCUT2D eigenvalue weighted by Gasteiger charge is 2.01. The minimum absolute atomic E-state index is 0.289. The Balaban J connectivity index is 1.99. The molecule has 1 unspecified atom stereocenters. The van der Waals surface area contributed by atoms with Crippen molar-refractivity contribution in [1.82, 2.24) is 15.3 Å². The summed E-state index contributed by atoms with van der Waals surface area (Å²) in [6.45, 7) is 3.18. The van der Waals surface area contributed by atoms with Crippen molar-refractivity contribution < 1.29 is 5.11 Å². The standard InChI is InChI=1S/C13H17N3O/c1-2-11(17)9-14-7-10-8-15-12-5-3-4-6-13(12)16-10/h3-6,8,11,14,17H,2,7,9H2,1H3. The molecule has 0 radical (unpaired) electrons. The van der Waals surface area contributed by atoms with Gasteiger partial charge in [0.2, 0.25) is 0 Å². The van der Waals surface area contributed by atoms with Crippen LogP contribution in [-0.4, -0.2) is 27.7 Å². The summed E-state index contributed by atoms with van der Waals surface area (Å²) in [7, 11) is 0. The number of para-hydroxylation sites is 2. The number of aliphatic hydroxyl groups excluding tert-OH is 1. The van der Waals surface area contributed by atoms with E-state index in [9.17, 15) is 5.11 Å². The molecule has 1 atom stereocenters. The molecule has 0 saturated heterocycles. The Kier molecular flexibility index (Phi) is 4.01. The number of hydrogen-bond donors (Lipinski definition) is 2. The third kappa shape index (κ3) is 3.22. The van der Waals surface area contributed by atoms with Crippen LogP contribution in [0, 0.1) is 0 Å². The van der Waals surface area contributed by atoms with E-state index >= 15 is 0 Å². The third-order valence-electron chi connectivity index (χ3n) is 2.66. The molecule has 0 spiro atoms. The van der Waals surface area contributed by atoms with E-state index in [4.69, 9.17) is 0 Å². The molecule has 4 heteroatoms. The maximum absolute atomic E-state index is 9.41. The van der Waals surface area contributed by atoms with Gasteiger partial charge in [-0.1, -0.05) is 19.1 Å². The number of nitrogens with one attached hydrogen (secondary N) is 1. The highest BCUT2D eigenvalue weighted by Crippen LogP contribution is 2.08. The molecule has 1 heterocycles. The van der Waals surface area contributed by atoms with Gasteiger partial charge < -0.3 is 10.4 Å². The first-order valence-corrected chi connectivity index (χ1v) is 5.89. The average Bonchev–Trinajstić information content (AvgIpc) is 2.38.